The smallest absolute Gasteiger partial charge is 0.0457 e. The van der Waals surface area contributed by atoms with Crippen LogP contribution in [-0.2, 0) is 0 Å². The van der Waals surface area contributed by atoms with E-state index >= 15 is 0 Å². The van der Waals surface area contributed by atoms with Gasteiger partial charge in [0.15, 0.2) is 0 Å². The number of fused-ring (bicyclic) bond motifs is 3. The molecule has 0 saturated heterocycles. The van der Waals surface area contributed by atoms with Gasteiger partial charge in [0.25, 0.3) is 0 Å². The van der Waals surface area contributed by atoms with E-state index in [4.69, 9.17) is 0 Å². The average molecular weight is 466 g/mol. The molecule has 3 heterocycles. The van der Waals surface area contributed by atoms with Crippen molar-refractivity contribution >= 4 is 32.7 Å². The zero-order valence-electron chi connectivity index (χ0n) is 19.9. The van der Waals surface area contributed by atoms with Crippen molar-refractivity contribution in [2.24, 2.45) is 0 Å². The van der Waals surface area contributed by atoms with Gasteiger partial charge in [-0.15, -0.1) is 0 Å². The highest BCUT2D eigenvalue weighted by Crippen LogP contribution is 2.44. The SMILES string of the molecule is c1ccc(C(CC(c2c[nH]c3ccccc23)c2c[nH]c3ccccc23)c2c[nH]c3ccccc23)cc1. The molecular weight excluding hydrogens is 438 g/mol. The molecule has 1 atom stereocenters. The third-order valence-corrected chi connectivity index (χ3v) is 7.66. The van der Waals surface area contributed by atoms with Crippen molar-refractivity contribution in [1.82, 2.24) is 15.0 Å². The molecular formula is C33H27N3. The fourth-order valence-electron chi connectivity index (χ4n) is 5.93. The van der Waals surface area contributed by atoms with Gasteiger partial charge in [0.2, 0.25) is 0 Å². The lowest BCUT2D eigenvalue weighted by atomic mass is 9.78. The minimum Gasteiger partial charge on any atom is -0.361 e. The van der Waals surface area contributed by atoms with E-state index in [1.54, 1.807) is 0 Å². The Labute approximate surface area is 209 Å². The fourth-order valence-corrected chi connectivity index (χ4v) is 5.93. The molecule has 3 heteroatoms. The molecule has 1 unspecified atom stereocenters. The summed E-state index contributed by atoms with van der Waals surface area (Å²) in [4.78, 5) is 10.6. The van der Waals surface area contributed by atoms with Gasteiger partial charge in [-0.2, -0.15) is 0 Å². The second-order valence-corrected chi connectivity index (χ2v) is 9.62. The monoisotopic (exact) mass is 465 g/mol. The van der Waals surface area contributed by atoms with Crippen LogP contribution in [0, 0.1) is 0 Å². The van der Waals surface area contributed by atoms with Crippen LogP contribution in [-0.4, -0.2) is 15.0 Å². The molecule has 3 nitrogen and oxygen atoms in total. The maximum atomic E-state index is 3.54. The first kappa shape index (κ1) is 20.8. The number of aromatic amines is 3. The Morgan fingerprint density at radius 2 is 0.806 bits per heavy atom. The lowest BCUT2D eigenvalue weighted by molar-refractivity contribution is 0.652. The maximum Gasteiger partial charge on any atom is 0.0457 e. The van der Waals surface area contributed by atoms with E-state index in [-0.39, 0.29) is 11.8 Å². The number of nitrogens with one attached hydrogen (secondary N) is 3. The van der Waals surface area contributed by atoms with E-state index in [1.807, 2.05) is 0 Å². The summed E-state index contributed by atoms with van der Waals surface area (Å²) >= 11 is 0. The van der Waals surface area contributed by atoms with Crippen molar-refractivity contribution in [2.75, 3.05) is 0 Å². The van der Waals surface area contributed by atoms with Crippen LogP contribution in [0.15, 0.2) is 122 Å². The minimum atomic E-state index is 0.205. The van der Waals surface area contributed by atoms with Gasteiger partial charge in [0.05, 0.1) is 0 Å². The number of aromatic nitrogens is 3. The third-order valence-electron chi connectivity index (χ3n) is 7.66. The summed E-state index contributed by atoms with van der Waals surface area (Å²) in [7, 11) is 0. The Hall–Kier alpha value is -4.50. The molecule has 7 rings (SSSR count). The minimum absolute atomic E-state index is 0.205. The van der Waals surface area contributed by atoms with Crippen molar-refractivity contribution in [3.8, 4) is 0 Å². The third kappa shape index (κ3) is 3.44. The number of rotatable bonds is 6. The first-order valence-corrected chi connectivity index (χ1v) is 12.6. The summed E-state index contributed by atoms with van der Waals surface area (Å²) < 4.78 is 0. The summed E-state index contributed by atoms with van der Waals surface area (Å²) in [6.07, 6.45) is 7.60. The summed E-state index contributed by atoms with van der Waals surface area (Å²) in [5, 5.41) is 3.87. The van der Waals surface area contributed by atoms with Gasteiger partial charge >= 0.3 is 0 Å². The predicted molar refractivity (Wildman–Crippen MR) is 150 cm³/mol. The van der Waals surface area contributed by atoms with Crippen LogP contribution in [0.25, 0.3) is 32.7 Å². The second kappa shape index (κ2) is 8.62. The van der Waals surface area contributed by atoms with Crippen molar-refractivity contribution in [2.45, 2.75) is 18.3 Å². The van der Waals surface area contributed by atoms with Crippen LogP contribution in [0.5, 0.6) is 0 Å². The molecule has 36 heavy (non-hydrogen) atoms. The van der Waals surface area contributed by atoms with Gasteiger partial charge in [-0.05, 0) is 46.9 Å². The molecule has 0 saturated carbocycles. The highest BCUT2D eigenvalue weighted by Gasteiger charge is 2.28. The van der Waals surface area contributed by atoms with Crippen LogP contribution in [0.4, 0.5) is 0 Å². The zero-order chi connectivity index (χ0) is 23.9. The lowest BCUT2D eigenvalue weighted by Crippen LogP contribution is -2.09. The molecule has 3 aromatic heterocycles. The van der Waals surface area contributed by atoms with E-state index in [0.717, 1.165) is 6.42 Å². The Morgan fingerprint density at radius 1 is 0.417 bits per heavy atom. The molecule has 7 aromatic rings. The van der Waals surface area contributed by atoms with Gasteiger partial charge in [-0.1, -0.05) is 84.9 Å². The molecule has 0 aliphatic heterocycles. The standard InChI is InChI=1S/C33H27N3/c1-2-10-22(11-3-1)26(28-19-34-31-15-7-4-12-23(28)31)18-27(29-20-35-32-16-8-5-13-24(29)32)30-21-36-33-17-9-6-14-25(30)33/h1-17,19-21,26-27,34-36H,18H2. The Morgan fingerprint density at radius 3 is 1.28 bits per heavy atom. The summed E-state index contributed by atoms with van der Waals surface area (Å²) in [5.74, 6) is 0.436. The molecule has 0 aliphatic rings. The number of para-hydroxylation sites is 3. The maximum absolute atomic E-state index is 3.54. The van der Waals surface area contributed by atoms with Crippen LogP contribution < -0.4 is 0 Å². The van der Waals surface area contributed by atoms with Crippen LogP contribution in [0.3, 0.4) is 0 Å². The molecule has 0 aliphatic carbocycles. The van der Waals surface area contributed by atoms with Crippen molar-refractivity contribution in [3.05, 3.63) is 144 Å². The summed E-state index contributed by atoms with van der Waals surface area (Å²) in [6, 6.07) is 36.9. The second-order valence-electron chi connectivity index (χ2n) is 9.62. The largest absolute Gasteiger partial charge is 0.361 e. The average Bonchev–Trinajstić information content (AvgIpc) is 3.67. The Kier molecular flexibility index (Phi) is 4.99. The molecule has 4 aromatic carbocycles. The molecule has 3 N–H and O–H groups in total. The first-order chi connectivity index (χ1) is 17.9. The van der Waals surface area contributed by atoms with Crippen LogP contribution in [0.2, 0.25) is 0 Å². The van der Waals surface area contributed by atoms with Gasteiger partial charge in [-0.3, -0.25) is 0 Å². The summed E-state index contributed by atoms with van der Waals surface area (Å²) in [6.45, 7) is 0. The quantitative estimate of drug-likeness (QED) is 0.221. The van der Waals surface area contributed by atoms with Gasteiger partial charge in [-0.25, -0.2) is 0 Å². The Bertz CT molecular complexity index is 1710. The highest BCUT2D eigenvalue weighted by molar-refractivity contribution is 5.88. The van der Waals surface area contributed by atoms with Crippen LogP contribution in [0.1, 0.15) is 40.5 Å². The van der Waals surface area contributed by atoms with Gasteiger partial charge < -0.3 is 15.0 Å². The van der Waals surface area contributed by atoms with E-state index in [9.17, 15) is 0 Å². The van der Waals surface area contributed by atoms with Crippen molar-refractivity contribution in [3.63, 3.8) is 0 Å². The predicted octanol–water partition coefficient (Wildman–Crippen LogP) is 8.48. The molecule has 0 spiro atoms. The van der Waals surface area contributed by atoms with E-state index in [0.29, 0.717) is 0 Å². The lowest BCUT2D eigenvalue weighted by Gasteiger charge is -2.24. The molecule has 0 radical (unpaired) electrons. The number of H-pyrrole nitrogens is 3. The van der Waals surface area contributed by atoms with Crippen molar-refractivity contribution < 1.29 is 0 Å². The van der Waals surface area contributed by atoms with Gasteiger partial charge in [0.1, 0.15) is 0 Å². The highest BCUT2D eigenvalue weighted by atomic mass is 14.7. The first-order valence-electron chi connectivity index (χ1n) is 12.6. The van der Waals surface area contributed by atoms with E-state index in [2.05, 4.69) is 137 Å². The normalized spacial score (nSPS) is 12.7. The number of hydrogen-bond donors (Lipinski definition) is 3. The summed E-state index contributed by atoms with van der Waals surface area (Å²) in [5.41, 5.74) is 8.92. The molecule has 174 valence electrons. The Balaban J connectivity index is 1.44. The number of benzene rings is 4. The number of hydrogen-bond acceptors (Lipinski definition) is 0. The van der Waals surface area contributed by atoms with Crippen molar-refractivity contribution in [1.29, 1.82) is 0 Å². The zero-order valence-corrected chi connectivity index (χ0v) is 19.9. The topological polar surface area (TPSA) is 47.4 Å². The molecule has 0 bridgehead atoms. The molecule has 0 amide bonds. The van der Waals surface area contributed by atoms with E-state index in [1.165, 1.54) is 55.0 Å². The van der Waals surface area contributed by atoms with Crippen LogP contribution >= 0.6 is 0 Å². The van der Waals surface area contributed by atoms with E-state index < -0.39 is 0 Å². The van der Waals surface area contributed by atoms with Gasteiger partial charge in [0, 0.05) is 63.1 Å². The fraction of sp³-hybridized carbons (Fsp3) is 0.0909. The molecule has 0 fully saturated rings.